The molecule has 0 aromatic heterocycles. The molecule has 0 spiro atoms. The Morgan fingerprint density at radius 3 is 2.18 bits per heavy atom. The Morgan fingerprint density at radius 2 is 1.56 bits per heavy atom. The molecule has 0 bridgehead atoms. The van der Waals surface area contributed by atoms with Crippen LogP contribution in [-0.4, -0.2) is 41.0 Å². The number of aryl methyl sites for hydroxylation is 2. The van der Waals surface area contributed by atoms with Crippen molar-refractivity contribution >= 4 is 34.4 Å². The maximum absolute atomic E-state index is 14.1. The number of carbonyl (C=O) groups is 3. The number of carbonyl (C=O) groups excluding carboxylic acids is 3. The molecule has 0 saturated carbocycles. The second-order valence-corrected chi connectivity index (χ2v) is 11.0. The van der Waals surface area contributed by atoms with E-state index in [1.165, 1.54) is 0 Å². The number of nitrogens with zero attached hydrogens (tertiary/aromatic N) is 1. The highest BCUT2D eigenvalue weighted by atomic mass is 16.6. The summed E-state index contributed by atoms with van der Waals surface area (Å²) in [4.78, 5) is 42.0. The van der Waals surface area contributed by atoms with E-state index in [1.54, 1.807) is 32.6 Å². The molecule has 7 heteroatoms. The van der Waals surface area contributed by atoms with Crippen LogP contribution in [0.1, 0.15) is 70.2 Å². The number of nitrogens with one attached hydrogen (secondary N) is 2. The molecule has 0 aliphatic heterocycles. The molecule has 3 aromatic carbocycles. The van der Waals surface area contributed by atoms with Crippen LogP contribution in [0.25, 0.3) is 10.8 Å². The molecule has 0 heterocycles. The molecule has 2 atom stereocenters. The molecule has 3 aromatic rings. The maximum atomic E-state index is 14.1. The summed E-state index contributed by atoms with van der Waals surface area (Å²) in [6.45, 7) is 13.2. The first kappa shape index (κ1) is 29.7. The van der Waals surface area contributed by atoms with E-state index in [2.05, 4.69) is 10.6 Å². The average Bonchev–Trinajstić information content (AvgIpc) is 2.86. The van der Waals surface area contributed by atoms with Gasteiger partial charge in [-0.2, -0.15) is 0 Å². The van der Waals surface area contributed by atoms with E-state index >= 15 is 0 Å². The number of rotatable bonds is 9. The number of alkyl carbamates (subject to hydrolysis) is 1. The molecular weight excluding hydrogens is 490 g/mol. The van der Waals surface area contributed by atoms with Crippen molar-refractivity contribution in [2.75, 3.05) is 11.9 Å². The number of benzene rings is 3. The van der Waals surface area contributed by atoms with Crippen LogP contribution in [0, 0.1) is 13.8 Å². The van der Waals surface area contributed by atoms with Crippen LogP contribution in [0.4, 0.5) is 10.5 Å². The molecule has 39 heavy (non-hydrogen) atoms. The molecule has 3 amide bonds. The Labute approximate surface area is 231 Å². The molecule has 0 radical (unpaired) electrons. The summed E-state index contributed by atoms with van der Waals surface area (Å²) >= 11 is 0. The van der Waals surface area contributed by atoms with Gasteiger partial charge < -0.3 is 20.3 Å². The quantitative estimate of drug-likeness (QED) is 0.322. The van der Waals surface area contributed by atoms with E-state index in [4.69, 9.17) is 4.74 Å². The van der Waals surface area contributed by atoms with E-state index in [0.29, 0.717) is 18.7 Å². The lowest BCUT2D eigenvalue weighted by Gasteiger charge is -2.35. The van der Waals surface area contributed by atoms with Crippen molar-refractivity contribution in [3.8, 4) is 0 Å². The van der Waals surface area contributed by atoms with Crippen molar-refractivity contribution in [1.82, 2.24) is 10.2 Å². The summed E-state index contributed by atoms with van der Waals surface area (Å²) in [5.41, 5.74) is 2.56. The summed E-state index contributed by atoms with van der Waals surface area (Å²) in [5.74, 6) is -0.660. The number of amides is 3. The number of anilines is 1. The largest absolute Gasteiger partial charge is 0.444 e. The van der Waals surface area contributed by atoms with Gasteiger partial charge in [-0.3, -0.25) is 9.59 Å². The van der Waals surface area contributed by atoms with Crippen molar-refractivity contribution in [2.24, 2.45) is 0 Å². The first-order valence-electron chi connectivity index (χ1n) is 13.6. The van der Waals surface area contributed by atoms with Crippen LogP contribution >= 0.6 is 0 Å². The summed E-state index contributed by atoms with van der Waals surface area (Å²) in [6.07, 6.45) is 0.863. The highest BCUT2D eigenvalue weighted by molar-refractivity contribution is 6.00. The van der Waals surface area contributed by atoms with Gasteiger partial charge in [0.25, 0.3) is 5.91 Å². The predicted octanol–water partition coefficient (Wildman–Crippen LogP) is 6.68. The fraction of sp³-hybridized carbons (Fsp3) is 0.406. The number of hydrogen-bond donors (Lipinski definition) is 2. The third-order valence-electron chi connectivity index (χ3n) is 6.53. The molecule has 0 fully saturated rings. The maximum Gasteiger partial charge on any atom is 0.408 e. The first-order chi connectivity index (χ1) is 18.4. The fourth-order valence-electron chi connectivity index (χ4n) is 4.65. The minimum absolute atomic E-state index is 0.309. The smallest absolute Gasteiger partial charge is 0.408 e. The number of unbranched alkanes of at least 4 members (excludes halogenated alkanes) is 1. The van der Waals surface area contributed by atoms with Gasteiger partial charge in [-0.25, -0.2) is 4.79 Å². The molecule has 2 unspecified atom stereocenters. The zero-order valence-electron chi connectivity index (χ0n) is 24.1. The Balaban J connectivity index is 2.00. The van der Waals surface area contributed by atoms with E-state index in [-0.39, 0.29) is 11.8 Å². The number of hydrogen-bond acceptors (Lipinski definition) is 4. The van der Waals surface area contributed by atoms with Crippen LogP contribution in [-0.2, 0) is 14.3 Å². The fourth-order valence-corrected chi connectivity index (χ4v) is 4.65. The molecule has 3 rings (SSSR count). The molecule has 7 nitrogen and oxygen atoms in total. The normalized spacial score (nSPS) is 12.9. The van der Waals surface area contributed by atoms with Crippen LogP contribution in [0.5, 0.6) is 0 Å². The van der Waals surface area contributed by atoms with Crippen molar-refractivity contribution < 1.29 is 19.1 Å². The highest BCUT2D eigenvalue weighted by Crippen LogP contribution is 2.30. The van der Waals surface area contributed by atoms with E-state index < -0.39 is 23.8 Å². The van der Waals surface area contributed by atoms with Crippen LogP contribution in [0.15, 0.2) is 60.7 Å². The Hall–Kier alpha value is -3.87. The van der Waals surface area contributed by atoms with Crippen molar-refractivity contribution in [3.05, 3.63) is 77.4 Å². The molecule has 2 N–H and O–H groups in total. The van der Waals surface area contributed by atoms with E-state index in [0.717, 1.165) is 33.9 Å². The van der Waals surface area contributed by atoms with Gasteiger partial charge in [0.05, 0.1) is 0 Å². The van der Waals surface area contributed by atoms with Gasteiger partial charge >= 0.3 is 6.09 Å². The van der Waals surface area contributed by atoms with Gasteiger partial charge in [0, 0.05) is 12.2 Å². The van der Waals surface area contributed by atoms with E-state index in [9.17, 15) is 14.4 Å². The Kier molecular flexibility index (Phi) is 9.73. The number of fused-ring (bicyclic) bond motifs is 1. The average molecular weight is 532 g/mol. The minimum atomic E-state index is -0.892. The molecule has 0 saturated heterocycles. The third-order valence-corrected chi connectivity index (χ3v) is 6.53. The molecule has 208 valence electrons. The zero-order chi connectivity index (χ0) is 28.7. The summed E-state index contributed by atoms with van der Waals surface area (Å²) in [5, 5.41) is 7.80. The van der Waals surface area contributed by atoms with Gasteiger partial charge in [0.1, 0.15) is 17.7 Å². The van der Waals surface area contributed by atoms with Gasteiger partial charge in [0.2, 0.25) is 5.91 Å². The molecule has 0 aliphatic rings. The van der Waals surface area contributed by atoms with Gasteiger partial charge in [-0.05, 0) is 87.6 Å². The highest BCUT2D eigenvalue weighted by Gasteiger charge is 2.36. The number of ether oxygens (including phenoxy) is 1. The van der Waals surface area contributed by atoms with Gasteiger partial charge in [-0.15, -0.1) is 0 Å². The van der Waals surface area contributed by atoms with Crippen molar-refractivity contribution in [3.63, 3.8) is 0 Å². The predicted molar refractivity (Wildman–Crippen MR) is 157 cm³/mol. The van der Waals surface area contributed by atoms with Crippen LogP contribution < -0.4 is 10.6 Å². The second kappa shape index (κ2) is 12.8. The Bertz CT molecular complexity index is 1310. The lowest BCUT2D eigenvalue weighted by Crippen LogP contribution is -2.51. The molecular formula is C32H41N3O4. The summed E-state index contributed by atoms with van der Waals surface area (Å²) in [6, 6.07) is 17.8. The lowest BCUT2D eigenvalue weighted by molar-refractivity contribution is -0.140. The van der Waals surface area contributed by atoms with Crippen LogP contribution in [0.2, 0.25) is 0 Å². The van der Waals surface area contributed by atoms with Crippen molar-refractivity contribution in [1.29, 1.82) is 0 Å². The Morgan fingerprint density at radius 1 is 0.923 bits per heavy atom. The topological polar surface area (TPSA) is 87.7 Å². The second-order valence-electron chi connectivity index (χ2n) is 11.0. The van der Waals surface area contributed by atoms with Gasteiger partial charge in [0.15, 0.2) is 0 Å². The van der Waals surface area contributed by atoms with Gasteiger partial charge in [-0.1, -0.05) is 61.9 Å². The molecule has 0 aliphatic carbocycles. The van der Waals surface area contributed by atoms with E-state index in [1.807, 2.05) is 81.4 Å². The third kappa shape index (κ3) is 7.82. The zero-order valence-corrected chi connectivity index (χ0v) is 24.1. The first-order valence-corrected chi connectivity index (χ1v) is 13.6. The summed E-state index contributed by atoms with van der Waals surface area (Å²) in [7, 11) is 0. The van der Waals surface area contributed by atoms with Crippen molar-refractivity contribution in [2.45, 2.75) is 79.0 Å². The standard InChI is InChI=1S/C32H41N3O4/c1-8-9-19-35(30(37)23(4)33-31(38)39-32(5,6)7)28(27-21(2)13-12-14-22(27)3)29(36)34-26-18-17-24-15-10-11-16-25(24)20-26/h10-18,20,23,28H,8-9,19H2,1-7H3,(H,33,38)(H,34,36). The van der Waals surface area contributed by atoms with Crippen LogP contribution in [0.3, 0.4) is 0 Å². The SMILES string of the molecule is CCCCN(C(=O)C(C)NC(=O)OC(C)(C)C)C(C(=O)Nc1ccc2ccccc2c1)c1c(C)cccc1C. The lowest BCUT2D eigenvalue weighted by atomic mass is 9.93. The summed E-state index contributed by atoms with van der Waals surface area (Å²) < 4.78 is 5.36. The monoisotopic (exact) mass is 531 g/mol. The minimum Gasteiger partial charge on any atom is -0.444 e.